The van der Waals surface area contributed by atoms with Crippen LogP contribution in [-0.4, -0.2) is 37.2 Å². The van der Waals surface area contributed by atoms with Gasteiger partial charge in [-0.25, -0.2) is 4.79 Å². The molecule has 1 aliphatic carbocycles. The van der Waals surface area contributed by atoms with Crippen LogP contribution in [0.1, 0.15) is 31.2 Å². The van der Waals surface area contributed by atoms with Crippen molar-refractivity contribution in [2.24, 2.45) is 11.3 Å². The summed E-state index contributed by atoms with van der Waals surface area (Å²) in [5, 5.41) is 0. The Morgan fingerprint density at radius 1 is 1.26 bits per heavy atom. The Bertz CT molecular complexity index is 574. The van der Waals surface area contributed by atoms with E-state index in [0.29, 0.717) is 13.1 Å². The number of methoxy groups -OCH3 is 1. The molecule has 0 radical (unpaired) electrons. The zero-order chi connectivity index (χ0) is 16.3. The maximum absolute atomic E-state index is 12.4. The molecule has 2 unspecified atom stereocenters. The van der Waals surface area contributed by atoms with Crippen LogP contribution >= 0.6 is 0 Å². The molecular formula is C18H23NO4. The van der Waals surface area contributed by atoms with Crippen LogP contribution in [0.15, 0.2) is 30.3 Å². The van der Waals surface area contributed by atoms with E-state index in [0.717, 1.165) is 31.2 Å². The fourth-order valence-corrected chi connectivity index (χ4v) is 3.94. The second kappa shape index (κ2) is 6.60. The first-order valence-electron chi connectivity index (χ1n) is 8.20. The minimum atomic E-state index is -0.529. The topological polar surface area (TPSA) is 55.8 Å². The van der Waals surface area contributed by atoms with E-state index in [2.05, 4.69) is 0 Å². The SMILES string of the molecule is COC(=O)C12CCCCC1CN(C(=O)OCc1ccccc1)C2. The summed E-state index contributed by atoms with van der Waals surface area (Å²) in [5.74, 6) is 0.00790. The zero-order valence-electron chi connectivity index (χ0n) is 13.5. The Hall–Kier alpha value is -2.04. The molecule has 0 N–H and O–H groups in total. The number of amides is 1. The second-order valence-corrected chi connectivity index (χ2v) is 6.51. The summed E-state index contributed by atoms with van der Waals surface area (Å²) in [6.07, 6.45) is 3.55. The van der Waals surface area contributed by atoms with E-state index in [1.807, 2.05) is 30.3 Å². The largest absolute Gasteiger partial charge is 0.469 e. The lowest BCUT2D eigenvalue weighted by Gasteiger charge is -2.35. The number of carbonyl (C=O) groups is 2. The molecule has 5 nitrogen and oxygen atoms in total. The molecule has 1 aliphatic heterocycles. The van der Waals surface area contributed by atoms with Crippen LogP contribution in [-0.2, 0) is 20.9 Å². The van der Waals surface area contributed by atoms with Gasteiger partial charge in [-0.05, 0) is 24.3 Å². The molecule has 2 atom stereocenters. The Labute approximate surface area is 136 Å². The lowest BCUT2D eigenvalue weighted by molar-refractivity contribution is -0.156. The summed E-state index contributed by atoms with van der Waals surface area (Å²) in [5.41, 5.74) is 0.429. The van der Waals surface area contributed by atoms with Crippen LogP contribution in [0.25, 0.3) is 0 Å². The van der Waals surface area contributed by atoms with E-state index in [1.54, 1.807) is 4.90 Å². The van der Waals surface area contributed by atoms with Crippen LogP contribution < -0.4 is 0 Å². The Morgan fingerprint density at radius 3 is 2.78 bits per heavy atom. The smallest absolute Gasteiger partial charge is 0.410 e. The molecule has 1 aromatic rings. The first-order chi connectivity index (χ1) is 11.2. The number of benzene rings is 1. The van der Waals surface area contributed by atoms with Gasteiger partial charge in [-0.3, -0.25) is 4.79 Å². The quantitative estimate of drug-likeness (QED) is 0.804. The summed E-state index contributed by atoms with van der Waals surface area (Å²) < 4.78 is 10.4. The molecule has 2 aliphatic rings. The maximum Gasteiger partial charge on any atom is 0.410 e. The van der Waals surface area contributed by atoms with Gasteiger partial charge in [-0.15, -0.1) is 0 Å². The van der Waals surface area contributed by atoms with Crippen LogP contribution in [0.2, 0.25) is 0 Å². The number of nitrogens with zero attached hydrogens (tertiary/aromatic N) is 1. The van der Waals surface area contributed by atoms with Crippen molar-refractivity contribution >= 4 is 12.1 Å². The van der Waals surface area contributed by atoms with E-state index < -0.39 is 5.41 Å². The van der Waals surface area contributed by atoms with Gasteiger partial charge >= 0.3 is 12.1 Å². The average molecular weight is 317 g/mol. The van der Waals surface area contributed by atoms with Crippen molar-refractivity contribution < 1.29 is 19.1 Å². The third kappa shape index (κ3) is 3.05. The van der Waals surface area contributed by atoms with Gasteiger partial charge in [0.15, 0.2) is 0 Å². The highest BCUT2D eigenvalue weighted by Crippen LogP contribution is 2.47. The molecule has 23 heavy (non-hydrogen) atoms. The van der Waals surface area contributed by atoms with Crippen LogP contribution in [0, 0.1) is 11.3 Å². The molecule has 0 bridgehead atoms. The van der Waals surface area contributed by atoms with Crippen molar-refractivity contribution in [3.63, 3.8) is 0 Å². The average Bonchev–Trinajstić information content (AvgIpc) is 3.00. The first-order valence-corrected chi connectivity index (χ1v) is 8.20. The molecule has 124 valence electrons. The summed E-state index contributed by atoms with van der Waals surface area (Å²) in [7, 11) is 1.43. The lowest BCUT2D eigenvalue weighted by Crippen LogP contribution is -2.42. The predicted octanol–water partition coefficient (Wildman–Crippen LogP) is 2.99. The van der Waals surface area contributed by atoms with Gasteiger partial charge in [0.1, 0.15) is 6.61 Å². The van der Waals surface area contributed by atoms with Gasteiger partial charge in [0.25, 0.3) is 0 Å². The summed E-state index contributed by atoms with van der Waals surface area (Å²) in [6.45, 7) is 1.26. The number of carbonyl (C=O) groups excluding carboxylic acids is 2. The van der Waals surface area contributed by atoms with Crippen molar-refractivity contribution in [3.8, 4) is 0 Å². The number of rotatable bonds is 3. The van der Waals surface area contributed by atoms with Crippen molar-refractivity contribution in [1.82, 2.24) is 4.90 Å². The second-order valence-electron chi connectivity index (χ2n) is 6.51. The minimum absolute atomic E-state index is 0.180. The van der Waals surface area contributed by atoms with Gasteiger partial charge < -0.3 is 14.4 Å². The third-order valence-electron chi connectivity index (χ3n) is 5.18. The molecule has 1 saturated carbocycles. The van der Waals surface area contributed by atoms with Crippen molar-refractivity contribution in [2.45, 2.75) is 32.3 Å². The Morgan fingerprint density at radius 2 is 2.04 bits per heavy atom. The highest BCUT2D eigenvalue weighted by Gasteiger charge is 2.55. The number of esters is 1. The van der Waals surface area contributed by atoms with E-state index in [1.165, 1.54) is 7.11 Å². The molecular weight excluding hydrogens is 294 g/mol. The molecule has 1 saturated heterocycles. The van der Waals surface area contributed by atoms with Gasteiger partial charge in [0.05, 0.1) is 12.5 Å². The van der Waals surface area contributed by atoms with Gasteiger partial charge in [-0.2, -0.15) is 0 Å². The summed E-state index contributed by atoms with van der Waals surface area (Å²) >= 11 is 0. The summed E-state index contributed by atoms with van der Waals surface area (Å²) in [4.78, 5) is 26.4. The molecule has 3 rings (SSSR count). The zero-order valence-corrected chi connectivity index (χ0v) is 13.5. The maximum atomic E-state index is 12.4. The van der Waals surface area contributed by atoms with Gasteiger partial charge in [0.2, 0.25) is 0 Å². The fraction of sp³-hybridized carbons (Fsp3) is 0.556. The van der Waals surface area contributed by atoms with E-state index in [-0.39, 0.29) is 24.6 Å². The van der Waals surface area contributed by atoms with Crippen molar-refractivity contribution in [2.75, 3.05) is 20.2 Å². The highest BCUT2D eigenvalue weighted by atomic mass is 16.6. The Balaban J connectivity index is 1.65. The van der Waals surface area contributed by atoms with Crippen LogP contribution in [0.4, 0.5) is 4.79 Å². The highest BCUT2D eigenvalue weighted by molar-refractivity contribution is 5.80. The molecule has 0 spiro atoms. The van der Waals surface area contributed by atoms with Gasteiger partial charge in [-0.1, -0.05) is 43.2 Å². The summed E-state index contributed by atoms with van der Waals surface area (Å²) in [6, 6.07) is 9.61. The minimum Gasteiger partial charge on any atom is -0.469 e. The monoisotopic (exact) mass is 317 g/mol. The third-order valence-corrected chi connectivity index (χ3v) is 5.18. The van der Waals surface area contributed by atoms with Crippen LogP contribution in [0.5, 0.6) is 0 Å². The number of fused-ring (bicyclic) bond motifs is 1. The van der Waals surface area contributed by atoms with E-state index >= 15 is 0 Å². The predicted molar refractivity (Wildman–Crippen MR) is 84.6 cm³/mol. The molecule has 5 heteroatoms. The first kappa shape index (κ1) is 15.8. The van der Waals surface area contributed by atoms with E-state index in [4.69, 9.17) is 9.47 Å². The van der Waals surface area contributed by atoms with E-state index in [9.17, 15) is 9.59 Å². The standard InChI is InChI=1S/C18H23NO4/c1-22-16(20)18-10-6-5-9-15(18)11-19(13-18)17(21)23-12-14-7-3-2-4-8-14/h2-4,7-8,15H,5-6,9-13H2,1H3. The molecule has 0 aromatic heterocycles. The van der Waals surface area contributed by atoms with Crippen molar-refractivity contribution in [3.05, 3.63) is 35.9 Å². The Kier molecular flexibility index (Phi) is 4.55. The number of ether oxygens (including phenoxy) is 2. The van der Waals surface area contributed by atoms with Crippen LogP contribution in [0.3, 0.4) is 0 Å². The number of hydrogen-bond donors (Lipinski definition) is 0. The molecule has 1 aromatic carbocycles. The molecule has 1 amide bonds. The van der Waals surface area contributed by atoms with Crippen molar-refractivity contribution in [1.29, 1.82) is 0 Å². The lowest BCUT2D eigenvalue weighted by atomic mass is 9.68. The van der Waals surface area contributed by atoms with Gasteiger partial charge in [0, 0.05) is 13.1 Å². The molecule has 2 fully saturated rings. The normalized spacial score (nSPS) is 26.5. The fourth-order valence-electron chi connectivity index (χ4n) is 3.94. The number of likely N-dealkylation sites (tertiary alicyclic amines) is 1. The number of hydrogen-bond acceptors (Lipinski definition) is 4. The molecule has 1 heterocycles.